The average molecular weight is 456 g/mol. The zero-order valence-electron chi connectivity index (χ0n) is 17.9. The van der Waals surface area contributed by atoms with Crippen molar-refractivity contribution in [3.63, 3.8) is 0 Å². The van der Waals surface area contributed by atoms with Crippen molar-refractivity contribution in [3.05, 3.63) is 50.6 Å². The maximum atomic E-state index is 13.2. The van der Waals surface area contributed by atoms with Crippen molar-refractivity contribution in [3.8, 4) is 0 Å². The van der Waals surface area contributed by atoms with Crippen molar-refractivity contribution in [2.24, 2.45) is 5.92 Å². The highest BCUT2D eigenvalue weighted by atomic mass is 32.2. The molecular formula is C23H25N3O3S2. The summed E-state index contributed by atoms with van der Waals surface area (Å²) in [6, 6.07) is 6.94. The summed E-state index contributed by atoms with van der Waals surface area (Å²) in [5.74, 6) is 0.387. The Morgan fingerprint density at radius 2 is 2.10 bits per heavy atom. The number of aromatic nitrogens is 2. The first-order valence-corrected chi connectivity index (χ1v) is 12.3. The molecule has 0 saturated carbocycles. The highest BCUT2D eigenvalue weighted by Gasteiger charge is 2.24. The number of benzene rings is 1. The van der Waals surface area contributed by atoms with Gasteiger partial charge in [0.15, 0.2) is 10.9 Å². The van der Waals surface area contributed by atoms with Gasteiger partial charge in [-0.1, -0.05) is 30.8 Å². The van der Waals surface area contributed by atoms with Gasteiger partial charge in [-0.15, -0.1) is 11.3 Å². The number of rotatable bonds is 6. The first-order valence-electron chi connectivity index (χ1n) is 10.5. The van der Waals surface area contributed by atoms with Crippen LogP contribution in [0.5, 0.6) is 0 Å². The zero-order chi connectivity index (χ0) is 22.1. The molecule has 1 aromatic carbocycles. The van der Waals surface area contributed by atoms with Crippen LogP contribution in [0.25, 0.3) is 10.2 Å². The number of aryl methyl sites for hydroxylation is 1. The van der Waals surface area contributed by atoms with E-state index in [2.05, 4.69) is 12.2 Å². The molecule has 2 aromatic heterocycles. The van der Waals surface area contributed by atoms with Gasteiger partial charge in [-0.25, -0.2) is 4.98 Å². The summed E-state index contributed by atoms with van der Waals surface area (Å²) >= 11 is 2.87. The Labute approximate surface area is 189 Å². The fraction of sp³-hybridized carbons (Fsp3) is 0.391. The third-order valence-electron chi connectivity index (χ3n) is 5.61. The minimum atomic E-state index is -0.241. The molecule has 1 aliphatic carbocycles. The lowest BCUT2D eigenvalue weighted by Gasteiger charge is -2.17. The molecule has 1 unspecified atom stereocenters. The normalized spacial score (nSPS) is 15.6. The van der Waals surface area contributed by atoms with Gasteiger partial charge < -0.3 is 5.32 Å². The Kier molecular flexibility index (Phi) is 6.29. The molecule has 0 spiro atoms. The first kappa shape index (κ1) is 21.8. The van der Waals surface area contributed by atoms with E-state index in [1.807, 2.05) is 6.92 Å². The number of nitrogens with zero attached hydrogens (tertiary/aromatic N) is 2. The Morgan fingerprint density at radius 1 is 1.32 bits per heavy atom. The van der Waals surface area contributed by atoms with E-state index in [9.17, 15) is 14.4 Å². The SMILES string of the molecule is CCn1c(SCC(=O)Nc2ccccc2C(C)=O)nc2sc3c(c2c1=O)CCC(C)C3. The Bertz CT molecular complexity index is 1230. The summed E-state index contributed by atoms with van der Waals surface area (Å²) in [4.78, 5) is 44.4. The summed E-state index contributed by atoms with van der Waals surface area (Å²) in [5.41, 5.74) is 2.14. The van der Waals surface area contributed by atoms with Crippen molar-refractivity contribution in [2.75, 3.05) is 11.1 Å². The lowest BCUT2D eigenvalue weighted by molar-refractivity contribution is -0.113. The molecule has 8 heteroatoms. The highest BCUT2D eigenvalue weighted by Crippen LogP contribution is 2.36. The van der Waals surface area contributed by atoms with Crippen LogP contribution in [0.15, 0.2) is 34.2 Å². The van der Waals surface area contributed by atoms with Crippen LogP contribution in [0.2, 0.25) is 0 Å². The van der Waals surface area contributed by atoms with E-state index in [1.54, 1.807) is 40.2 Å². The maximum Gasteiger partial charge on any atom is 0.263 e. The Balaban J connectivity index is 1.58. The first-order chi connectivity index (χ1) is 14.9. The molecule has 4 rings (SSSR count). The van der Waals surface area contributed by atoms with E-state index in [0.717, 1.165) is 29.5 Å². The van der Waals surface area contributed by atoms with Crippen LogP contribution in [-0.4, -0.2) is 27.0 Å². The summed E-state index contributed by atoms with van der Waals surface area (Å²) in [5, 5.41) is 4.12. The lowest BCUT2D eigenvalue weighted by atomic mass is 9.89. The fourth-order valence-corrected chi connectivity index (χ4v) is 6.30. The number of amides is 1. The molecule has 6 nitrogen and oxygen atoms in total. The topological polar surface area (TPSA) is 81.1 Å². The number of hydrogen-bond donors (Lipinski definition) is 1. The van der Waals surface area contributed by atoms with E-state index in [4.69, 9.17) is 4.98 Å². The van der Waals surface area contributed by atoms with Crippen LogP contribution in [-0.2, 0) is 24.2 Å². The monoisotopic (exact) mass is 455 g/mol. The zero-order valence-corrected chi connectivity index (χ0v) is 19.5. The van der Waals surface area contributed by atoms with Gasteiger partial charge in [-0.2, -0.15) is 0 Å². The lowest BCUT2D eigenvalue weighted by Crippen LogP contribution is -2.24. The number of fused-ring (bicyclic) bond motifs is 3. The van der Waals surface area contributed by atoms with Crippen molar-refractivity contribution < 1.29 is 9.59 Å². The van der Waals surface area contributed by atoms with Gasteiger partial charge in [-0.05, 0) is 56.7 Å². The van der Waals surface area contributed by atoms with Crippen LogP contribution < -0.4 is 10.9 Å². The number of para-hydroxylation sites is 1. The number of carbonyl (C=O) groups is 2. The second-order valence-corrected chi connectivity index (χ2v) is 9.94. The van der Waals surface area contributed by atoms with Crippen molar-refractivity contribution in [1.29, 1.82) is 0 Å². The van der Waals surface area contributed by atoms with E-state index in [1.165, 1.54) is 29.1 Å². The summed E-state index contributed by atoms with van der Waals surface area (Å²) < 4.78 is 1.66. The van der Waals surface area contributed by atoms with Crippen LogP contribution in [0, 0.1) is 5.92 Å². The van der Waals surface area contributed by atoms with Crippen molar-refractivity contribution >= 4 is 50.7 Å². The second-order valence-electron chi connectivity index (χ2n) is 7.91. The smallest absolute Gasteiger partial charge is 0.263 e. The quantitative estimate of drug-likeness (QED) is 0.335. The van der Waals surface area contributed by atoms with Crippen molar-refractivity contribution in [1.82, 2.24) is 9.55 Å². The van der Waals surface area contributed by atoms with E-state index < -0.39 is 0 Å². The van der Waals surface area contributed by atoms with Gasteiger partial charge in [0.2, 0.25) is 5.91 Å². The standard InChI is InChI=1S/C23H25N3O3S2/c1-4-26-22(29)20-16-10-9-13(2)11-18(16)31-21(20)25-23(26)30-12-19(28)24-17-8-6-5-7-15(17)14(3)27/h5-8,13H,4,9-12H2,1-3H3,(H,24,28). The van der Waals surface area contributed by atoms with Crippen LogP contribution in [0.4, 0.5) is 5.69 Å². The molecule has 0 aliphatic heterocycles. The van der Waals surface area contributed by atoms with Crippen molar-refractivity contribution in [2.45, 2.75) is 51.7 Å². The third-order valence-corrected chi connectivity index (χ3v) is 7.73. The number of hydrogen-bond acceptors (Lipinski definition) is 6. The molecule has 0 bridgehead atoms. The molecule has 1 atom stereocenters. The van der Waals surface area contributed by atoms with Gasteiger partial charge in [0, 0.05) is 17.0 Å². The third kappa shape index (κ3) is 4.32. The van der Waals surface area contributed by atoms with Gasteiger partial charge in [-0.3, -0.25) is 19.0 Å². The summed E-state index contributed by atoms with van der Waals surface area (Å²) in [6.07, 6.45) is 3.03. The molecule has 162 valence electrons. The van der Waals surface area contributed by atoms with E-state index >= 15 is 0 Å². The minimum Gasteiger partial charge on any atom is -0.325 e. The summed E-state index contributed by atoms with van der Waals surface area (Å²) in [7, 11) is 0. The molecule has 0 fully saturated rings. The number of Topliss-reactive ketones (excluding diaryl/α,β-unsaturated/α-hetero) is 1. The highest BCUT2D eigenvalue weighted by molar-refractivity contribution is 7.99. The molecule has 1 aliphatic rings. The molecule has 0 saturated heterocycles. The van der Waals surface area contributed by atoms with Gasteiger partial charge in [0.05, 0.1) is 16.8 Å². The fourth-order valence-electron chi connectivity index (χ4n) is 4.01. The van der Waals surface area contributed by atoms with E-state index in [0.29, 0.717) is 28.9 Å². The largest absolute Gasteiger partial charge is 0.325 e. The number of ketones is 1. The number of thiophene rings is 1. The number of nitrogens with one attached hydrogen (secondary N) is 1. The Morgan fingerprint density at radius 3 is 2.84 bits per heavy atom. The van der Waals surface area contributed by atoms with Crippen LogP contribution in [0.3, 0.4) is 0 Å². The van der Waals surface area contributed by atoms with E-state index in [-0.39, 0.29) is 23.0 Å². The Hall–Kier alpha value is -2.45. The molecule has 1 amide bonds. The van der Waals surface area contributed by atoms with Crippen LogP contribution >= 0.6 is 23.1 Å². The predicted octanol–water partition coefficient (Wildman–Crippen LogP) is 4.54. The number of carbonyl (C=O) groups excluding carboxylic acids is 2. The van der Waals surface area contributed by atoms with Gasteiger partial charge in [0.25, 0.3) is 5.56 Å². The van der Waals surface area contributed by atoms with Gasteiger partial charge in [0.1, 0.15) is 4.83 Å². The molecule has 0 radical (unpaired) electrons. The number of thioether (sulfide) groups is 1. The molecular weight excluding hydrogens is 430 g/mol. The number of anilines is 1. The summed E-state index contributed by atoms with van der Waals surface area (Å²) in [6.45, 7) is 6.14. The molecule has 3 aromatic rings. The molecule has 31 heavy (non-hydrogen) atoms. The van der Waals surface area contributed by atoms with Crippen LogP contribution in [0.1, 0.15) is 48.0 Å². The predicted molar refractivity (Wildman–Crippen MR) is 127 cm³/mol. The minimum absolute atomic E-state index is 0.00983. The average Bonchev–Trinajstić information content (AvgIpc) is 3.10. The maximum absolute atomic E-state index is 13.2. The second kappa shape index (κ2) is 8.96. The molecule has 2 heterocycles. The molecule has 1 N–H and O–H groups in total. The van der Waals surface area contributed by atoms with Gasteiger partial charge >= 0.3 is 0 Å².